The molecule has 1 aromatic heterocycles. The van der Waals surface area contributed by atoms with Crippen LogP contribution in [0.5, 0.6) is 0 Å². The molecule has 0 aliphatic rings. The van der Waals surface area contributed by atoms with E-state index in [-0.39, 0.29) is 13.0 Å². The summed E-state index contributed by atoms with van der Waals surface area (Å²) in [5, 5.41) is 20.4. The lowest BCUT2D eigenvalue weighted by Crippen LogP contribution is -2.22. The maximum Gasteiger partial charge on any atom is 0.306 e. The van der Waals surface area contributed by atoms with E-state index in [1.807, 2.05) is 0 Å². The standard InChI is InChI=1S/C8H12N2O3/c11-7(3-8(12)13)5-10-6-1-2-9-4-6/h1-2,4,7,9-11H,3,5H2,(H,12,13). The molecule has 5 nitrogen and oxygen atoms in total. The first-order valence-corrected chi connectivity index (χ1v) is 3.95. The van der Waals surface area contributed by atoms with E-state index in [1.165, 1.54) is 0 Å². The van der Waals surface area contributed by atoms with Crippen LogP contribution >= 0.6 is 0 Å². The van der Waals surface area contributed by atoms with Crippen molar-refractivity contribution in [3.63, 3.8) is 0 Å². The number of rotatable bonds is 5. The Labute approximate surface area is 75.4 Å². The van der Waals surface area contributed by atoms with Crippen LogP contribution in [-0.4, -0.2) is 33.8 Å². The minimum absolute atomic E-state index is 0.239. The van der Waals surface area contributed by atoms with Crippen LogP contribution in [0.15, 0.2) is 18.5 Å². The molecule has 72 valence electrons. The van der Waals surface area contributed by atoms with E-state index in [4.69, 9.17) is 10.2 Å². The second kappa shape index (κ2) is 4.51. The van der Waals surface area contributed by atoms with Crippen molar-refractivity contribution < 1.29 is 15.0 Å². The third-order valence-corrected chi connectivity index (χ3v) is 1.55. The third kappa shape index (κ3) is 3.62. The highest BCUT2D eigenvalue weighted by Gasteiger charge is 2.08. The SMILES string of the molecule is O=C(O)CC(O)CNc1cc[nH]c1. The van der Waals surface area contributed by atoms with Gasteiger partial charge in [-0.2, -0.15) is 0 Å². The molecule has 5 heteroatoms. The van der Waals surface area contributed by atoms with Crippen molar-refractivity contribution >= 4 is 11.7 Å². The van der Waals surface area contributed by atoms with Crippen LogP contribution < -0.4 is 5.32 Å². The number of hydrogen-bond acceptors (Lipinski definition) is 3. The summed E-state index contributed by atoms with van der Waals surface area (Å²) in [6, 6.07) is 1.80. The molecule has 13 heavy (non-hydrogen) atoms. The van der Waals surface area contributed by atoms with Crippen molar-refractivity contribution in [3.05, 3.63) is 18.5 Å². The lowest BCUT2D eigenvalue weighted by atomic mass is 10.2. The average Bonchev–Trinajstić information content (AvgIpc) is 2.51. The van der Waals surface area contributed by atoms with Crippen molar-refractivity contribution in [3.8, 4) is 0 Å². The molecule has 1 heterocycles. The largest absolute Gasteiger partial charge is 0.481 e. The van der Waals surface area contributed by atoms with Gasteiger partial charge in [-0.05, 0) is 6.07 Å². The van der Waals surface area contributed by atoms with Gasteiger partial charge in [-0.25, -0.2) is 0 Å². The first-order chi connectivity index (χ1) is 6.18. The van der Waals surface area contributed by atoms with Gasteiger partial charge in [0, 0.05) is 18.9 Å². The molecule has 1 rings (SSSR count). The molecule has 1 aromatic rings. The molecule has 0 aliphatic heterocycles. The minimum atomic E-state index is -0.997. The van der Waals surface area contributed by atoms with Crippen molar-refractivity contribution in [1.29, 1.82) is 0 Å². The van der Waals surface area contributed by atoms with Crippen LogP contribution in [0, 0.1) is 0 Å². The van der Waals surface area contributed by atoms with Crippen molar-refractivity contribution in [2.75, 3.05) is 11.9 Å². The van der Waals surface area contributed by atoms with Gasteiger partial charge >= 0.3 is 5.97 Å². The molecule has 0 aliphatic carbocycles. The fourth-order valence-electron chi connectivity index (χ4n) is 0.943. The van der Waals surface area contributed by atoms with Gasteiger partial charge in [-0.15, -0.1) is 0 Å². The summed E-state index contributed by atoms with van der Waals surface area (Å²) in [7, 11) is 0. The van der Waals surface area contributed by atoms with Crippen molar-refractivity contribution in [2.45, 2.75) is 12.5 Å². The van der Waals surface area contributed by atoms with Crippen LogP contribution in [0.25, 0.3) is 0 Å². The van der Waals surface area contributed by atoms with Gasteiger partial charge in [-0.3, -0.25) is 4.79 Å². The molecule has 0 spiro atoms. The number of hydrogen-bond donors (Lipinski definition) is 4. The number of carboxylic acids is 1. The second-order valence-corrected chi connectivity index (χ2v) is 2.73. The van der Waals surface area contributed by atoms with Crippen LogP contribution in [0.3, 0.4) is 0 Å². The number of H-pyrrole nitrogens is 1. The molecule has 0 saturated carbocycles. The van der Waals surface area contributed by atoms with Gasteiger partial charge in [-0.1, -0.05) is 0 Å². The van der Waals surface area contributed by atoms with Crippen LogP contribution in [0.1, 0.15) is 6.42 Å². The monoisotopic (exact) mass is 184 g/mol. The van der Waals surface area contributed by atoms with E-state index < -0.39 is 12.1 Å². The number of nitrogens with one attached hydrogen (secondary N) is 2. The number of aliphatic hydroxyl groups excluding tert-OH is 1. The van der Waals surface area contributed by atoms with Gasteiger partial charge < -0.3 is 20.5 Å². The number of anilines is 1. The van der Waals surface area contributed by atoms with Gasteiger partial charge in [0.1, 0.15) is 0 Å². The predicted octanol–water partition coefficient (Wildman–Crippen LogP) is 0.262. The number of aliphatic carboxylic acids is 1. The van der Waals surface area contributed by atoms with Crippen LogP contribution in [0.4, 0.5) is 5.69 Å². The maximum absolute atomic E-state index is 10.2. The zero-order valence-corrected chi connectivity index (χ0v) is 7.03. The molecule has 1 atom stereocenters. The summed E-state index contributed by atoms with van der Waals surface area (Å²) in [5.41, 5.74) is 0.837. The minimum Gasteiger partial charge on any atom is -0.481 e. The molecule has 0 saturated heterocycles. The number of carboxylic acid groups (broad SMARTS) is 1. The average molecular weight is 184 g/mol. The number of carbonyl (C=O) groups is 1. The molecule has 4 N–H and O–H groups in total. The fraction of sp³-hybridized carbons (Fsp3) is 0.375. The molecule has 0 radical (unpaired) electrons. The summed E-state index contributed by atoms with van der Waals surface area (Å²) in [5.74, 6) is -0.997. The first kappa shape index (κ1) is 9.60. The zero-order chi connectivity index (χ0) is 9.68. The molecular weight excluding hydrogens is 172 g/mol. The van der Waals surface area contributed by atoms with E-state index in [9.17, 15) is 4.79 Å². The Morgan fingerprint density at radius 1 is 1.69 bits per heavy atom. The summed E-state index contributed by atoms with van der Waals surface area (Å²) in [4.78, 5) is 13.0. The predicted molar refractivity (Wildman–Crippen MR) is 47.5 cm³/mol. The molecule has 0 fully saturated rings. The quantitative estimate of drug-likeness (QED) is 0.529. The first-order valence-electron chi connectivity index (χ1n) is 3.95. The summed E-state index contributed by atoms with van der Waals surface area (Å²) in [6.07, 6.45) is 2.38. The zero-order valence-electron chi connectivity index (χ0n) is 7.03. The number of aliphatic hydroxyl groups is 1. The lowest BCUT2D eigenvalue weighted by molar-refractivity contribution is -0.138. The number of aromatic amines is 1. The van der Waals surface area contributed by atoms with Gasteiger partial charge in [0.2, 0.25) is 0 Å². The van der Waals surface area contributed by atoms with E-state index in [0.717, 1.165) is 5.69 Å². The Bertz CT molecular complexity index is 258. The Kier molecular flexibility index (Phi) is 3.33. The molecule has 0 bridgehead atoms. The van der Waals surface area contributed by atoms with Crippen molar-refractivity contribution in [1.82, 2.24) is 4.98 Å². The van der Waals surface area contributed by atoms with Gasteiger partial charge in [0.15, 0.2) is 0 Å². The van der Waals surface area contributed by atoms with E-state index in [1.54, 1.807) is 18.5 Å². The number of aromatic nitrogens is 1. The third-order valence-electron chi connectivity index (χ3n) is 1.55. The van der Waals surface area contributed by atoms with Gasteiger partial charge in [0.25, 0.3) is 0 Å². The topological polar surface area (TPSA) is 85.3 Å². The highest BCUT2D eigenvalue weighted by Crippen LogP contribution is 2.03. The lowest BCUT2D eigenvalue weighted by Gasteiger charge is -2.08. The molecule has 0 amide bonds. The Hall–Kier alpha value is -1.49. The summed E-state index contributed by atoms with van der Waals surface area (Å²) < 4.78 is 0. The molecular formula is C8H12N2O3. The summed E-state index contributed by atoms with van der Waals surface area (Å²) in [6.45, 7) is 0.240. The van der Waals surface area contributed by atoms with Crippen molar-refractivity contribution in [2.24, 2.45) is 0 Å². The highest BCUT2D eigenvalue weighted by atomic mass is 16.4. The molecule has 0 aromatic carbocycles. The summed E-state index contributed by atoms with van der Waals surface area (Å²) >= 11 is 0. The second-order valence-electron chi connectivity index (χ2n) is 2.73. The van der Waals surface area contributed by atoms with Crippen LogP contribution in [0.2, 0.25) is 0 Å². The maximum atomic E-state index is 10.2. The normalized spacial score (nSPS) is 12.4. The Morgan fingerprint density at radius 2 is 2.46 bits per heavy atom. The van der Waals surface area contributed by atoms with E-state index in [0.29, 0.717) is 0 Å². The van der Waals surface area contributed by atoms with Crippen LogP contribution in [-0.2, 0) is 4.79 Å². The van der Waals surface area contributed by atoms with Gasteiger partial charge in [0.05, 0.1) is 18.2 Å². The van der Waals surface area contributed by atoms with E-state index >= 15 is 0 Å². The highest BCUT2D eigenvalue weighted by molar-refractivity contribution is 5.67. The Morgan fingerprint density at radius 3 is 3.00 bits per heavy atom. The van der Waals surface area contributed by atoms with E-state index in [2.05, 4.69) is 10.3 Å². The Balaban J connectivity index is 2.22. The fourth-order valence-corrected chi connectivity index (χ4v) is 0.943. The smallest absolute Gasteiger partial charge is 0.306 e. The molecule has 1 unspecified atom stereocenters.